The molecule has 430 valence electrons. The number of carbonyl (C=O) groups excluding carboxylic acids is 2. The third-order valence-electron chi connectivity index (χ3n) is 15.9. The molecule has 0 atom stereocenters. The van der Waals surface area contributed by atoms with Crippen molar-refractivity contribution in [1.29, 1.82) is 0 Å². The number of carboxylic acid groups (broad SMARTS) is 1. The van der Waals surface area contributed by atoms with Crippen LogP contribution >= 0.6 is 34.3 Å². The van der Waals surface area contributed by atoms with Crippen LogP contribution in [0.15, 0.2) is 144 Å². The van der Waals surface area contributed by atoms with Gasteiger partial charge in [0, 0.05) is 56.5 Å². The van der Waals surface area contributed by atoms with Crippen molar-refractivity contribution in [3.05, 3.63) is 188 Å². The summed E-state index contributed by atoms with van der Waals surface area (Å²) in [5.41, 5.74) is 7.01. The Hall–Kier alpha value is -7.08. The minimum atomic E-state index is -1.43. The number of halogens is 2. The van der Waals surface area contributed by atoms with Crippen molar-refractivity contribution in [2.24, 2.45) is 0 Å². The molecule has 17 heteroatoms. The van der Waals surface area contributed by atoms with Crippen LogP contribution in [-0.2, 0) is 35.3 Å². The summed E-state index contributed by atoms with van der Waals surface area (Å²) in [5, 5.41) is 21.3. The summed E-state index contributed by atoms with van der Waals surface area (Å²) in [6.45, 7) is 5.65. The Kier molecular flexibility index (Phi) is 21.0. The zero-order valence-electron chi connectivity index (χ0n) is 47.7. The number of thiazole rings is 2. The molecule has 0 unspecified atom stereocenters. The number of hydrogen-bond donors (Lipinski definition) is 3. The molecule has 3 aromatic heterocycles. The van der Waals surface area contributed by atoms with E-state index in [2.05, 4.69) is 108 Å². The molecule has 3 heterocycles. The molecule has 2 saturated carbocycles. The highest BCUT2D eigenvalue weighted by Crippen LogP contribution is 2.39. The maximum Gasteiger partial charge on any atom is 0.511 e. The Balaban J connectivity index is 0.000000169. The summed E-state index contributed by atoms with van der Waals surface area (Å²) in [4.78, 5) is 52.5. The lowest BCUT2D eigenvalue weighted by atomic mass is 9.74. The zero-order valence-corrected chi connectivity index (χ0v) is 50.1. The molecule has 0 bridgehead atoms. The number of likely N-dealkylation sites (N-methyl/N-ethyl adjacent to an activating group) is 2. The van der Waals surface area contributed by atoms with E-state index in [1.807, 2.05) is 67.6 Å². The molecule has 2 fully saturated rings. The van der Waals surface area contributed by atoms with E-state index in [1.165, 1.54) is 11.6 Å². The minimum absolute atomic E-state index is 0.0273. The summed E-state index contributed by atoms with van der Waals surface area (Å²) < 4.78 is 23.8. The van der Waals surface area contributed by atoms with Crippen LogP contribution in [0.25, 0.3) is 32.4 Å². The van der Waals surface area contributed by atoms with Crippen molar-refractivity contribution in [2.45, 2.75) is 121 Å². The molecule has 0 spiro atoms. The van der Waals surface area contributed by atoms with E-state index in [-0.39, 0.29) is 58.0 Å². The third-order valence-corrected chi connectivity index (χ3v) is 18.4. The zero-order chi connectivity index (χ0) is 58.4. The highest BCUT2D eigenvalue weighted by atomic mass is 35.5. The monoisotopic (exact) mass is 1170 g/mol. The maximum absolute atomic E-state index is 14.3. The van der Waals surface area contributed by atoms with Crippen molar-refractivity contribution in [3.8, 4) is 38.1 Å². The van der Waals surface area contributed by atoms with Crippen LogP contribution in [0.1, 0.15) is 89.4 Å². The highest BCUT2D eigenvalue weighted by molar-refractivity contribution is 7.15. The number of rotatable bonds is 16. The van der Waals surface area contributed by atoms with E-state index in [4.69, 9.17) is 31.2 Å². The molecule has 82 heavy (non-hydrogen) atoms. The smallest absolute Gasteiger partial charge is 0.449 e. The lowest BCUT2D eigenvalue weighted by molar-refractivity contribution is -0.122. The number of aromatic nitrogens is 3. The van der Waals surface area contributed by atoms with Gasteiger partial charge in [0.05, 0.1) is 29.3 Å². The Morgan fingerprint density at radius 2 is 1.09 bits per heavy atom. The van der Waals surface area contributed by atoms with Gasteiger partial charge < -0.3 is 34.8 Å². The van der Waals surface area contributed by atoms with Gasteiger partial charge in [-0.1, -0.05) is 144 Å². The van der Waals surface area contributed by atoms with Gasteiger partial charge in [-0.3, -0.25) is 9.59 Å². The number of amides is 2. The number of ether oxygens (including phenoxy) is 1. The van der Waals surface area contributed by atoms with E-state index < -0.39 is 6.16 Å². The molecular weight excluding hydrogens is 1090 g/mol. The molecule has 5 aromatic carbocycles. The first-order valence-corrected chi connectivity index (χ1v) is 29.8. The molecule has 2 aliphatic carbocycles. The molecule has 10 rings (SSSR count). The van der Waals surface area contributed by atoms with Gasteiger partial charge in [-0.25, -0.2) is 19.2 Å². The van der Waals surface area contributed by atoms with Gasteiger partial charge in [0.25, 0.3) is 0 Å². The predicted octanol–water partition coefficient (Wildman–Crippen LogP) is 14.0. The standard InChI is InChI=1S/C27H32FN3OS.C27H33N3OS.C11H8ClNO4/c1-19-24(30-26(33-19)20-9-5-4-6-10-20)17-25(32)29-22-13-15-27(16-14-22,31(2)3)18-21-11-7-8-12-23(21)28;1-20-24(29-26(32-20)22-12-8-5-9-13-22)18-25(31)28-23-14-16-27(17-15-23,30(2)3)19-21-10-6-4-7-11-21;1-6-10(16-11(14)15)9(13-17-6)7-4-2-3-5-8(7)12/h4-12,22H,13-18H2,1-3H3,(H,29,32);4-13,23H,14-19H2,1-3H3,(H,28,31);2-5H,1H3,(H,14,15). The van der Waals surface area contributed by atoms with Crippen molar-refractivity contribution in [3.63, 3.8) is 0 Å². The van der Waals surface area contributed by atoms with Crippen LogP contribution < -0.4 is 15.4 Å². The summed E-state index contributed by atoms with van der Waals surface area (Å²) in [6.07, 6.45) is 8.83. The van der Waals surface area contributed by atoms with Gasteiger partial charge >= 0.3 is 6.16 Å². The fourth-order valence-corrected chi connectivity index (χ4v) is 13.1. The molecule has 3 N–H and O–H groups in total. The van der Waals surface area contributed by atoms with Crippen molar-refractivity contribution < 1.29 is 33.1 Å². The Bertz CT molecular complexity index is 3370. The average molecular weight is 1170 g/mol. The van der Waals surface area contributed by atoms with Crippen LogP contribution in [0.4, 0.5) is 9.18 Å². The second-order valence-corrected chi connectivity index (χ2v) is 24.6. The van der Waals surface area contributed by atoms with Gasteiger partial charge in [0.1, 0.15) is 15.8 Å². The van der Waals surface area contributed by atoms with Gasteiger partial charge in [-0.2, -0.15) is 0 Å². The second kappa shape index (κ2) is 28.3. The first-order chi connectivity index (χ1) is 39.4. The normalized spacial score (nSPS) is 18.6. The van der Waals surface area contributed by atoms with Crippen molar-refractivity contribution >= 4 is 52.2 Å². The Morgan fingerprint density at radius 1 is 0.646 bits per heavy atom. The minimum Gasteiger partial charge on any atom is -0.449 e. The molecule has 0 aliphatic heterocycles. The molecule has 2 aliphatic rings. The number of carbonyl (C=O) groups is 3. The first kappa shape index (κ1) is 61.0. The lowest BCUT2D eigenvalue weighted by Gasteiger charge is -2.45. The Labute approximate surface area is 493 Å². The maximum atomic E-state index is 14.3. The summed E-state index contributed by atoms with van der Waals surface area (Å²) in [6, 6.07) is 45.4. The highest BCUT2D eigenvalue weighted by Gasteiger charge is 2.39. The van der Waals surface area contributed by atoms with E-state index in [0.29, 0.717) is 29.8 Å². The molecule has 0 radical (unpaired) electrons. The van der Waals surface area contributed by atoms with Crippen molar-refractivity contribution in [1.82, 2.24) is 35.6 Å². The Morgan fingerprint density at radius 3 is 1.55 bits per heavy atom. The second-order valence-electron chi connectivity index (χ2n) is 21.7. The van der Waals surface area contributed by atoms with Crippen molar-refractivity contribution in [2.75, 3.05) is 28.2 Å². The number of aryl methyl sites for hydroxylation is 3. The van der Waals surface area contributed by atoms with Crippen LogP contribution in [-0.4, -0.2) is 99.4 Å². The topological polar surface area (TPSA) is 163 Å². The van der Waals surface area contributed by atoms with E-state index in [0.717, 1.165) is 106 Å². The lowest BCUT2D eigenvalue weighted by Crippen LogP contribution is -2.52. The van der Waals surface area contributed by atoms with Crippen LogP contribution in [0, 0.1) is 26.6 Å². The number of hydrogen-bond acceptors (Lipinski definition) is 12. The van der Waals surface area contributed by atoms with Crippen LogP contribution in [0.5, 0.6) is 5.75 Å². The fraction of sp³-hybridized carbons (Fsp3) is 0.354. The summed E-state index contributed by atoms with van der Waals surface area (Å²) >= 11 is 9.29. The molecular formula is C65H73ClFN7O6S2. The van der Waals surface area contributed by atoms with Gasteiger partial charge in [0.15, 0.2) is 11.5 Å². The first-order valence-electron chi connectivity index (χ1n) is 27.8. The third kappa shape index (κ3) is 15.9. The molecule has 13 nitrogen and oxygen atoms in total. The molecule has 0 saturated heterocycles. The van der Waals surface area contributed by atoms with Gasteiger partial charge in [0.2, 0.25) is 17.6 Å². The average Bonchev–Trinajstić information content (AvgIpc) is 4.25. The summed E-state index contributed by atoms with van der Waals surface area (Å²) in [7, 11) is 8.54. The quantitative estimate of drug-likeness (QED) is 0.0789. The van der Waals surface area contributed by atoms with Gasteiger partial charge in [-0.15, -0.1) is 22.7 Å². The SMILES string of the molecule is Cc1onc(-c2ccccc2Cl)c1OC(=O)O.Cc1sc(-c2ccccc2)nc1CC(=O)NC1CCC(Cc2ccccc2)(N(C)C)CC1.Cc1sc(-c2ccccc2)nc1CC(=O)NC1CCC(Cc2ccccc2F)(N(C)C)CC1. The van der Waals surface area contributed by atoms with Crippen LogP contribution in [0.2, 0.25) is 5.02 Å². The molecule has 2 amide bonds. The number of nitrogens with one attached hydrogen (secondary N) is 2. The van der Waals surface area contributed by atoms with Crippen LogP contribution in [0.3, 0.4) is 0 Å². The number of nitrogens with zero attached hydrogens (tertiary/aromatic N) is 5. The fourth-order valence-electron chi connectivity index (χ4n) is 11.0. The largest absolute Gasteiger partial charge is 0.511 e. The summed E-state index contributed by atoms with van der Waals surface area (Å²) in [5.74, 6) is 0.318. The van der Waals surface area contributed by atoms with Gasteiger partial charge in [-0.05, 0) is 130 Å². The molecule has 8 aromatic rings. The predicted molar refractivity (Wildman–Crippen MR) is 326 cm³/mol. The van der Waals surface area contributed by atoms with E-state index in [1.54, 1.807) is 59.9 Å². The number of benzene rings is 5. The van der Waals surface area contributed by atoms with E-state index in [9.17, 15) is 18.8 Å². The van der Waals surface area contributed by atoms with E-state index >= 15 is 0 Å².